The molecular formula is C22H21NO4. The molecule has 1 atom stereocenters. The number of carbonyl (C=O) groups excluding carboxylic acids is 2. The summed E-state index contributed by atoms with van der Waals surface area (Å²) in [6, 6.07) is 18.4. The van der Waals surface area contributed by atoms with Gasteiger partial charge in [-0.25, -0.2) is 0 Å². The van der Waals surface area contributed by atoms with Crippen LogP contribution in [0.2, 0.25) is 0 Å². The number of ketones is 1. The van der Waals surface area contributed by atoms with Crippen LogP contribution < -0.4 is 4.74 Å². The summed E-state index contributed by atoms with van der Waals surface area (Å²) in [5.41, 5.74) is 2.19. The van der Waals surface area contributed by atoms with Crippen LogP contribution in [-0.4, -0.2) is 30.0 Å². The summed E-state index contributed by atoms with van der Waals surface area (Å²) in [4.78, 5) is 29.0. The third-order valence-electron chi connectivity index (χ3n) is 4.29. The van der Waals surface area contributed by atoms with Crippen LogP contribution in [0.1, 0.15) is 29.4 Å². The number of nitrogens with zero attached hydrogens (tertiary/aromatic N) is 1. The molecule has 0 bridgehead atoms. The van der Waals surface area contributed by atoms with Gasteiger partial charge in [0.2, 0.25) is 5.78 Å². The maximum Gasteiger partial charge on any atom is 0.306 e. The topological polar surface area (TPSA) is 65.5 Å². The van der Waals surface area contributed by atoms with Gasteiger partial charge in [0.1, 0.15) is 5.75 Å². The molecule has 0 N–H and O–H groups in total. The SMILES string of the molecule is COc1ccc(C(=O)C(C)OC(=O)CCc2ccc3ccccc3n2)cc1. The largest absolute Gasteiger partial charge is 0.497 e. The van der Waals surface area contributed by atoms with Crippen LogP contribution in [0, 0.1) is 0 Å². The number of esters is 1. The third-order valence-corrected chi connectivity index (χ3v) is 4.29. The average molecular weight is 363 g/mol. The molecule has 1 aromatic heterocycles. The lowest BCUT2D eigenvalue weighted by molar-refractivity contribution is -0.146. The van der Waals surface area contributed by atoms with Crippen molar-refractivity contribution in [1.82, 2.24) is 4.98 Å². The zero-order valence-corrected chi connectivity index (χ0v) is 15.3. The van der Waals surface area contributed by atoms with Crippen molar-refractivity contribution in [2.75, 3.05) is 7.11 Å². The van der Waals surface area contributed by atoms with Crippen molar-refractivity contribution in [3.8, 4) is 5.75 Å². The highest BCUT2D eigenvalue weighted by molar-refractivity contribution is 6.00. The van der Waals surface area contributed by atoms with Gasteiger partial charge in [-0.05, 0) is 43.3 Å². The fourth-order valence-corrected chi connectivity index (χ4v) is 2.78. The zero-order valence-electron chi connectivity index (χ0n) is 15.3. The number of aromatic nitrogens is 1. The molecule has 0 saturated carbocycles. The Balaban J connectivity index is 1.55. The highest BCUT2D eigenvalue weighted by atomic mass is 16.5. The molecule has 0 saturated heterocycles. The molecule has 1 heterocycles. The van der Waals surface area contributed by atoms with E-state index in [9.17, 15) is 9.59 Å². The lowest BCUT2D eigenvalue weighted by Crippen LogP contribution is -2.24. The number of hydrogen-bond acceptors (Lipinski definition) is 5. The molecule has 2 aromatic carbocycles. The Morgan fingerprint density at radius 3 is 2.48 bits per heavy atom. The molecule has 1 unspecified atom stereocenters. The fraction of sp³-hybridized carbons (Fsp3) is 0.227. The molecule has 5 heteroatoms. The van der Waals surface area contributed by atoms with Gasteiger partial charge >= 0.3 is 5.97 Å². The van der Waals surface area contributed by atoms with Crippen LogP contribution in [0.5, 0.6) is 5.75 Å². The van der Waals surface area contributed by atoms with E-state index in [1.807, 2.05) is 36.4 Å². The summed E-state index contributed by atoms with van der Waals surface area (Å²) in [6.45, 7) is 1.58. The molecule has 3 rings (SSSR count). The minimum Gasteiger partial charge on any atom is -0.497 e. The molecular weight excluding hydrogens is 342 g/mol. The quantitative estimate of drug-likeness (QED) is 0.469. The Hall–Kier alpha value is -3.21. The summed E-state index contributed by atoms with van der Waals surface area (Å²) < 4.78 is 10.4. The lowest BCUT2D eigenvalue weighted by atomic mass is 10.1. The number of aryl methyl sites for hydroxylation is 1. The summed E-state index contributed by atoms with van der Waals surface area (Å²) >= 11 is 0. The van der Waals surface area contributed by atoms with Gasteiger partial charge in [0.25, 0.3) is 0 Å². The number of Topliss-reactive ketones (excluding diaryl/α,β-unsaturated/α-hetero) is 1. The Morgan fingerprint density at radius 2 is 1.74 bits per heavy atom. The van der Waals surface area contributed by atoms with E-state index in [0.29, 0.717) is 17.7 Å². The first-order valence-electron chi connectivity index (χ1n) is 8.79. The molecule has 0 aliphatic heterocycles. The second kappa shape index (κ2) is 8.45. The van der Waals surface area contributed by atoms with E-state index in [4.69, 9.17) is 9.47 Å². The van der Waals surface area contributed by atoms with Crippen LogP contribution in [0.3, 0.4) is 0 Å². The lowest BCUT2D eigenvalue weighted by Gasteiger charge is -2.12. The van der Waals surface area contributed by atoms with Crippen molar-refractivity contribution >= 4 is 22.7 Å². The van der Waals surface area contributed by atoms with E-state index in [1.165, 1.54) is 0 Å². The normalized spacial score (nSPS) is 11.8. The first-order chi connectivity index (χ1) is 13.1. The van der Waals surface area contributed by atoms with Crippen LogP contribution >= 0.6 is 0 Å². The van der Waals surface area contributed by atoms with Crippen LogP contribution in [0.4, 0.5) is 0 Å². The van der Waals surface area contributed by atoms with Crippen molar-refractivity contribution in [2.24, 2.45) is 0 Å². The smallest absolute Gasteiger partial charge is 0.306 e. The number of hydrogen-bond donors (Lipinski definition) is 0. The Morgan fingerprint density at radius 1 is 1.00 bits per heavy atom. The molecule has 3 aromatic rings. The van der Waals surface area contributed by atoms with Crippen molar-refractivity contribution in [1.29, 1.82) is 0 Å². The van der Waals surface area contributed by atoms with E-state index >= 15 is 0 Å². The van der Waals surface area contributed by atoms with Gasteiger partial charge < -0.3 is 9.47 Å². The second-order valence-corrected chi connectivity index (χ2v) is 6.22. The predicted molar refractivity (Wildman–Crippen MR) is 103 cm³/mol. The molecule has 0 radical (unpaired) electrons. The van der Waals surface area contributed by atoms with Crippen molar-refractivity contribution in [3.05, 3.63) is 71.9 Å². The molecule has 0 amide bonds. The van der Waals surface area contributed by atoms with Gasteiger partial charge in [0.15, 0.2) is 6.10 Å². The number of pyridine rings is 1. The van der Waals surface area contributed by atoms with Gasteiger partial charge in [-0.3, -0.25) is 14.6 Å². The molecule has 0 spiro atoms. The molecule has 138 valence electrons. The van der Waals surface area contributed by atoms with Crippen LogP contribution in [-0.2, 0) is 16.0 Å². The van der Waals surface area contributed by atoms with Crippen LogP contribution in [0.15, 0.2) is 60.7 Å². The van der Waals surface area contributed by atoms with Gasteiger partial charge in [-0.15, -0.1) is 0 Å². The minimum absolute atomic E-state index is 0.172. The van der Waals surface area contributed by atoms with Gasteiger partial charge in [0.05, 0.1) is 19.0 Å². The van der Waals surface area contributed by atoms with E-state index in [0.717, 1.165) is 16.6 Å². The van der Waals surface area contributed by atoms with Crippen molar-refractivity contribution in [3.63, 3.8) is 0 Å². The fourth-order valence-electron chi connectivity index (χ4n) is 2.78. The third kappa shape index (κ3) is 4.70. The Kier molecular flexibility index (Phi) is 5.81. The van der Waals surface area contributed by atoms with Crippen molar-refractivity contribution in [2.45, 2.75) is 25.9 Å². The number of methoxy groups -OCH3 is 1. The summed E-state index contributed by atoms with van der Waals surface area (Å²) in [5.74, 6) is 0.00763. The first kappa shape index (κ1) is 18.6. The summed E-state index contributed by atoms with van der Waals surface area (Å²) in [7, 11) is 1.56. The maximum absolute atomic E-state index is 12.4. The number of para-hydroxylation sites is 1. The standard InChI is InChI=1S/C22H21NO4/c1-15(22(25)17-8-12-19(26-2)13-9-17)27-21(24)14-11-18-10-7-16-5-3-4-6-20(16)23-18/h3-10,12-13,15H,11,14H2,1-2H3. The van der Waals surface area contributed by atoms with Gasteiger partial charge in [0, 0.05) is 23.1 Å². The monoisotopic (exact) mass is 363 g/mol. The number of benzene rings is 2. The van der Waals surface area contributed by atoms with E-state index in [1.54, 1.807) is 38.3 Å². The molecule has 5 nitrogen and oxygen atoms in total. The number of carbonyl (C=O) groups is 2. The molecule has 0 aliphatic carbocycles. The molecule has 27 heavy (non-hydrogen) atoms. The van der Waals surface area contributed by atoms with Gasteiger partial charge in [-0.1, -0.05) is 24.3 Å². The highest BCUT2D eigenvalue weighted by Gasteiger charge is 2.19. The Labute approximate surface area is 157 Å². The van der Waals surface area contributed by atoms with E-state index in [2.05, 4.69) is 4.98 Å². The Bertz CT molecular complexity index is 950. The van der Waals surface area contributed by atoms with E-state index in [-0.39, 0.29) is 12.2 Å². The van der Waals surface area contributed by atoms with Gasteiger partial charge in [-0.2, -0.15) is 0 Å². The molecule has 0 fully saturated rings. The van der Waals surface area contributed by atoms with Crippen LogP contribution in [0.25, 0.3) is 10.9 Å². The zero-order chi connectivity index (χ0) is 19.2. The number of rotatable bonds is 7. The number of ether oxygens (including phenoxy) is 2. The average Bonchev–Trinajstić information content (AvgIpc) is 2.71. The number of fused-ring (bicyclic) bond motifs is 1. The second-order valence-electron chi connectivity index (χ2n) is 6.22. The highest BCUT2D eigenvalue weighted by Crippen LogP contribution is 2.15. The summed E-state index contributed by atoms with van der Waals surface area (Å²) in [6.07, 6.45) is -0.200. The van der Waals surface area contributed by atoms with Crippen molar-refractivity contribution < 1.29 is 19.1 Å². The summed E-state index contributed by atoms with van der Waals surface area (Å²) in [5, 5.41) is 1.06. The maximum atomic E-state index is 12.4. The minimum atomic E-state index is -0.838. The van der Waals surface area contributed by atoms with E-state index < -0.39 is 12.1 Å². The molecule has 0 aliphatic rings. The predicted octanol–water partition coefficient (Wildman–Crippen LogP) is 3.99. The first-order valence-corrected chi connectivity index (χ1v) is 8.79.